The maximum Gasteiger partial charge on any atom is 0.240 e. The lowest BCUT2D eigenvalue weighted by molar-refractivity contribution is 0.598. The Bertz CT molecular complexity index is 464. The van der Waals surface area contributed by atoms with E-state index in [1.54, 1.807) is 26.0 Å². The van der Waals surface area contributed by atoms with Gasteiger partial charge in [-0.2, -0.15) is 0 Å². The molecule has 2 N–H and O–H groups in total. The minimum Gasteiger partial charge on any atom is -0.260 e. The molecule has 0 unspecified atom stereocenters. The van der Waals surface area contributed by atoms with Crippen LogP contribution in [0.4, 0.5) is 5.69 Å². The standard InChI is InChI=1S/C9H12N2O2S/c1-3-11-9-7(2)5-4-6-8(9)14(10,12)13/h3-6H,1-2H3,(H2,10,12,13). The summed E-state index contributed by atoms with van der Waals surface area (Å²) < 4.78 is 22.4. The van der Waals surface area contributed by atoms with Crippen molar-refractivity contribution in [3.63, 3.8) is 0 Å². The second-order valence-electron chi connectivity index (χ2n) is 2.85. The lowest BCUT2D eigenvalue weighted by Gasteiger charge is -2.05. The molecule has 4 nitrogen and oxygen atoms in total. The van der Waals surface area contributed by atoms with Crippen molar-refractivity contribution < 1.29 is 8.42 Å². The Hall–Kier alpha value is -1.20. The number of sulfonamides is 1. The van der Waals surface area contributed by atoms with Crippen molar-refractivity contribution in [1.29, 1.82) is 0 Å². The van der Waals surface area contributed by atoms with E-state index in [0.717, 1.165) is 5.56 Å². The number of hydrogen-bond acceptors (Lipinski definition) is 3. The first-order valence-electron chi connectivity index (χ1n) is 4.08. The van der Waals surface area contributed by atoms with Crippen molar-refractivity contribution in [3.05, 3.63) is 23.8 Å². The summed E-state index contributed by atoms with van der Waals surface area (Å²) in [6, 6.07) is 4.88. The third-order valence-corrected chi connectivity index (χ3v) is 2.71. The van der Waals surface area contributed by atoms with Crippen LogP contribution < -0.4 is 5.14 Å². The highest BCUT2D eigenvalue weighted by molar-refractivity contribution is 7.89. The average Bonchev–Trinajstić information content (AvgIpc) is 2.07. The number of hydrogen-bond donors (Lipinski definition) is 1. The number of nitrogens with zero attached hydrogens (tertiary/aromatic N) is 1. The quantitative estimate of drug-likeness (QED) is 0.752. The highest BCUT2D eigenvalue weighted by Crippen LogP contribution is 2.26. The molecule has 0 aromatic heterocycles. The molecule has 0 radical (unpaired) electrons. The Kier molecular flexibility index (Phi) is 3.03. The summed E-state index contributed by atoms with van der Waals surface area (Å²) in [6.07, 6.45) is 1.54. The fourth-order valence-corrected chi connectivity index (χ4v) is 1.91. The zero-order valence-electron chi connectivity index (χ0n) is 8.06. The number of aryl methyl sites for hydroxylation is 1. The molecule has 0 fully saturated rings. The molecule has 76 valence electrons. The van der Waals surface area contributed by atoms with Crippen LogP contribution in [-0.2, 0) is 10.0 Å². The fraction of sp³-hybridized carbons (Fsp3) is 0.222. The van der Waals surface area contributed by atoms with Crippen molar-refractivity contribution in [2.75, 3.05) is 0 Å². The average molecular weight is 212 g/mol. The van der Waals surface area contributed by atoms with E-state index >= 15 is 0 Å². The lowest BCUT2D eigenvalue weighted by atomic mass is 10.2. The number of rotatable bonds is 2. The van der Waals surface area contributed by atoms with Gasteiger partial charge in [0.05, 0.1) is 5.69 Å². The Morgan fingerprint density at radius 2 is 2.07 bits per heavy atom. The van der Waals surface area contributed by atoms with E-state index in [4.69, 9.17) is 5.14 Å². The Morgan fingerprint density at radius 3 is 2.57 bits per heavy atom. The summed E-state index contributed by atoms with van der Waals surface area (Å²) in [5, 5.41) is 5.06. The maximum absolute atomic E-state index is 11.2. The van der Waals surface area contributed by atoms with Gasteiger partial charge in [0.2, 0.25) is 10.0 Å². The van der Waals surface area contributed by atoms with Crippen LogP contribution in [0, 0.1) is 6.92 Å². The molecule has 0 heterocycles. The third-order valence-electron chi connectivity index (χ3n) is 1.77. The van der Waals surface area contributed by atoms with Gasteiger partial charge in [-0.25, -0.2) is 13.6 Å². The van der Waals surface area contributed by atoms with Gasteiger partial charge in [0, 0.05) is 6.21 Å². The van der Waals surface area contributed by atoms with Gasteiger partial charge >= 0.3 is 0 Å². The summed E-state index contributed by atoms with van der Waals surface area (Å²) in [5.74, 6) is 0. The largest absolute Gasteiger partial charge is 0.260 e. The number of nitrogens with two attached hydrogens (primary N) is 1. The molecule has 5 heteroatoms. The zero-order chi connectivity index (χ0) is 10.8. The molecule has 0 spiro atoms. The first kappa shape index (κ1) is 10.9. The normalized spacial score (nSPS) is 12.2. The van der Waals surface area contributed by atoms with Gasteiger partial charge in [-0.1, -0.05) is 12.1 Å². The van der Waals surface area contributed by atoms with E-state index in [2.05, 4.69) is 4.99 Å². The first-order valence-corrected chi connectivity index (χ1v) is 5.62. The van der Waals surface area contributed by atoms with Crippen LogP contribution in [0.1, 0.15) is 12.5 Å². The van der Waals surface area contributed by atoms with Crippen LogP contribution in [-0.4, -0.2) is 14.6 Å². The van der Waals surface area contributed by atoms with Crippen molar-refractivity contribution in [2.45, 2.75) is 18.7 Å². The van der Waals surface area contributed by atoms with Crippen LogP contribution >= 0.6 is 0 Å². The van der Waals surface area contributed by atoms with Gasteiger partial charge in [0.15, 0.2) is 0 Å². The molecule has 0 aliphatic rings. The molecular formula is C9H12N2O2S. The second kappa shape index (κ2) is 3.89. The number of benzene rings is 1. The van der Waals surface area contributed by atoms with Crippen LogP contribution in [0.25, 0.3) is 0 Å². The summed E-state index contributed by atoms with van der Waals surface area (Å²) in [4.78, 5) is 4.05. The molecule has 1 aromatic rings. The predicted molar refractivity (Wildman–Crippen MR) is 56.4 cm³/mol. The first-order chi connectivity index (χ1) is 6.46. The second-order valence-corrected chi connectivity index (χ2v) is 4.38. The summed E-state index contributed by atoms with van der Waals surface area (Å²) in [7, 11) is -3.69. The lowest BCUT2D eigenvalue weighted by Crippen LogP contribution is -2.12. The molecule has 1 rings (SSSR count). The summed E-state index contributed by atoms with van der Waals surface area (Å²) >= 11 is 0. The zero-order valence-corrected chi connectivity index (χ0v) is 8.88. The van der Waals surface area contributed by atoms with E-state index in [9.17, 15) is 8.42 Å². The van der Waals surface area contributed by atoms with Crippen LogP contribution in [0.5, 0.6) is 0 Å². The van der Waals surface area contributed by atoms with E-state index in [0.29, 0.717) is 5.69 Å². The summed E-state index contributed by atoms with van der Waals surface area (Å²) in [6.45, 7) is 3.51. The third kappa shape index (κ3) is 2.18. The molecule has 0 bridgehead atoms. The Balaban J connectivity index is 3.52. The van der Waals surface area contributed by atoms with Crippen molar-refractivity contribution in [2.24, 2.45) is 10.1 Å². The number of para-hydroxylation sites is 1. The smallest absolute Gasteiger partial charge is 0.240 e. The van der Waals surface area contributed by atoms with Gasteiger partial charge in [-0.15, -0.1) is 0 Å². The van der Waals surface area contributed by atoms with Crippen molar-refractivity contribution >= 4 is 21.9 Å². The number of primary sulfonamides is 1. The van der Waals surface area contributed by atoms with Crippen molar-refractivity contribution in [1.82, 2.24) is 0 Å². The Morgan fingerprint density at radius 1 is 1.43 bits per heavy atom. The molecule has 0 aliphatic heterocycles. The molecule has 1 aromatic carbocycles. The Labute approximate surface area is 83.5 Å². The van der Waals surface area contributed by atoms with Gasteiger partial charge in [-0.3, -0.25) is 4.99 Å². The van der Waals surface area contributed by atoms with Gasteiger partial charge in [0.1, 0.15) is 4.90 Å². The van der Waals surface area contributed by atoms with Gasteiger partial charge in [0.25, 0.3) is 0 Å². The molecular weight excluding hydrogens is 200 g/mol. The monoisotopic (exact) mass is 212 g/mol. The topological polar surface area (TPSA) is 72.5 Å². The molecule has 0 aliphatic carbocycles. The predicted octanol–water partition coefficient (Wildman–Crippen LogP) is 1.36. The summed E-state index contributed by atoms with van der Waals surface area (Å²) in [5.41, 5.74) is 1.20. The van der Waals surface area contributed by atoms with Crippen molar-refractivity contribution in [3.8, 4) is 0 Å². The maximum atomic E-state index is 11.2. The van der Waals surface area contributed by atoms with Crippen LogP contribution in [0.3, 0.4) is 0 Å². The van der Waals surface area contributed by atoms with E-state index < -0.39 is 10.0 Å². The minimum atomic E-state index is -3.69. The molecule has 0 saturated carbocycles. The fourth-order valence-electron chi connectivity index (χ4n) is 1.16. The van der Waals surface area contributed by atoms with Crippen LogP contribution in [0.15, 0.2) is 28.1 Å². The van der Waals surface area contributed by atoms with E-state index in [1.165, 1.54) is 12.3 Å². The van der Waals surface area contributed by atoms with Crippen LogP contribution in [0.2, 0.25) is 0 Å². The minimum absolute atomic E-state index is 0.0654. The van der Waals surface area contributed by atoms with E-state index in [-0.39, 0.29) is 4.90 Å². The number of aliphatic imine (C=N–C) groups is 1. The molecule has 0 saturated heterocycles. The highest BCUT2D eigenvalue weighted by Gasteiger charge is 2.14. The SMILES string of the molecule is CC=Nc1c(C)cccc1S(N)(=O)=O. The van der Waals surface area contributed by atoms with Gasteiger partial charge in [-0.05, 0) is 25.5 Å². The van der Waals surface area contributed by atoms with Gasteiger partial charge < -0.3 is 0 Å². The van der Waals surface area contributed by atoms with E-state index in [1.807, 2.05) is 0 Å². The molecule has 14 heavy (non-hydrogen) atoms. The molecule has 0 atom stereocenters. The molecule has 0 amide bonds. The highest BCUT2D eigenvalue weighted by atomic mass is 32.2.